The van der Waals surface area contributed by atoms with Gasteiger partial charge >= 0.3 is 0 Å². The lowest BCUT2D eigenvalue weighted by atomic mass is 10.0. The zero-order chi connectivity index (χ0) is 25.2. The van der Waals surface area contributed by atoms with Gasteiger partial charge in [0.25, 0.3) is 11.8 Å². The molecule has 1 aliphatic rings. The maximum Gasteiger partial charge on any atom is 0.268 e. The fraction of sp³-hybridized carbons (Fsp3) is 0.269. The highest BCUT2D eigenvalue weighted by Gasteiger charge is 2.47. The van der Waals surface area contributed by atoms with Crippen molar-refractivity contribution in [2.24, 2.45) is 0 Å². The first kappa shape index (κ1) is 24.0. The Bertz CT molecular complexity index is 1360. The lowest BCUT2D eigenvalue weighted by Gasteiger charge is -2.19. The van der Waals surface area contributed by atoms with Gasteiger partial charge in [-0.3, -0.25) is 19.6 Å². The normalized spacial score (nSPS) is 17.3. The minimum atomic E-state index is -3.11. The Kier molecular flexibility index (Phi) is 6.56. The maximum absolute atomic E-state index is 13.6. The van der Waals surface area contributed by atoms with Crippen LogP contribution < -0.4 is 5.32 Å². The van der Waals surface area contributed by atoms with Crippen LogP contribution in [0.3, 0.4) is 0 Å². The van der Waals surface area contributed by atoms with Crippen molar-refractivity contribution in [1.82, 2.24) is 20.2 Å². The van der Waals surface area contributed by atoms with Crippen molar-refractivity contribution < 1.29 is 18.4 Å². The predicted molar refractivity (Wildman–Crippen MR) is 127 cm³/mol. The number of nitrogens with zero attached hydrogens (tertiary/aromatic N) is 4. The molecule has 1 aliphatic heterocycles. The number of pyridine rings is 2. The van der Waals surface area contributed by atoms with Gasteiger partial charge in [-0.25, -0.2) is 8.78 Å². The molecule has 2 amide bonds. The fourth-order valence-electron chi connectivity index (χ4n) is 4.02. The summed E-state index contributed by atoms with van der Waals surface area (Å²) >= 11 is 0. The zero-order valence-corrected chi connectivity index (χ0v) is 19.3. The van der Waals surface area contributed by atoms with E-state index in [0.717, 1.165) is 27.3 Å². The lowest BCUT2D eigenvalue weighted by molar-refractivity contribution is -0.131. The smallest absolute Gasteiger partial charge is 0.268 e. The summed E-state index contributed by atoms with van der Waals surface area (Å²) in [6.07, 6.45) is 4.53. The van der Waals surface area contributed by atoms with Crippen molar-refractivity contribution in [3.63, 3.8) is 0 Å². The van der Waals surface area contributed by atoms with Crippen LogP contribution in [0.5, 0.6) is 0 Å². The zero-order valence-electron chi connectivity index (χ0n) is 19.3. The highest BCUT2D eigenvalue weighted by molar-refractivity contribution is 6.07. The second-order valence-corrected chi connectivity index (χ2v) is 8.59. The number of fused-ring (bicyclic) bond motifs is 1. The third kappa shape index (κ3) is 5.32. The molecule has 2 aromatic heterocycles. The number of aryl methyl sites for hydroxylation is 1. The summed E-state index contributed by atoms with van der Waals surface area (Å²) in [5.41, 5.74) is 4.57. The Morgan fingerprint density at radius 3 is 2.77 bits per heavy atom. The molecule has 1 N–H and O–H groups in total. The highest BCUT2D eigenvalue weighted by Crippen LogP contribution is 2.31. The quantitative estimate of drug-likeness (QED) is 0.602. The molecule has 3 heterocycles. The SMILES string of the molecule is C/C(=C\c1ccc2nccc(C(=O)NCC(=O)N3CC(F)(F)CC3C#N)c2c1)c1ccc(C)cn1. The summed E-state index contributed by atoms with van der Waals surface area (Å²) in [4.78, 5) is 34.9. The van der Waals surface area contributed by atoms with E-state index in [2.05, 4.69) is 15.3 Å². The van der Waals surface area contributed by atoms with Crippen LogP contribution in [0.2, 0.25) is 0 Å². The average Bonchev–Trinajstić information content (AvgIpc) is 3.17. The van der Waals surface area contributed by atoms with Gasteiger partial charge in [0, 0.05) is 24.2 Å². The van der Waals surface area contributed by atoms with E-state index in [9.17, 15) is 18.4 Å². The van der Waals surface area contributed by atoms with Gasteiger partial charge < -0.3 is 10.2 Å². The van der Waals surface area contributed by atoms with Gasteiger partial charge in [0.15, 0.2) is 0 Å². The largest absolute Gasteiger partial charge is 0.343 e. The first-order valence-electron chi connectivity index (χ1n) is 11.0. The second kappa shape index (κ2) is 9.58. The summed E-state index contributed by atoms with van der Waals surface area (Å²) in [6.45, 7) is 2.59. The van der Waals surface area contributed by atoms with Crippen molar-refractivity contribution in [2.45, 2.75) is 32.2 Å². The van der Waals surface area contributed by atoms with Crippen molar-refractivity contribution in [3.05, 3.63) is 71.2 Å². The van der Waals surface area contributed by atoms with E-state index in [1.807, 2.05) is 44.2 Å². The summed E-state index contributed by atoms with van der Waals surface area (Å²) in [5, 5.41) is 12.2. The van der Waals surface area contributed by atoms with Crippen LogP contribution in [-0.4, -0.2) is 51.7 Å². The van der Waals surface area contributed by atoms with Crippen LogP contribution in [-0.2, 0) is 4.79 Å². The number of benzene rings is 1. The molecule has 1 saturated heterocycles. The van der Waals surface area contributed by atoms with Crippen LogP contribution in [0.1, 0.15) is 40.5 Å². The Labute approximate surface area is 201 Å². The molecule has 0 spiro atoms. The van der Waals surface area contributed by atoms with Crippen molar-refractivity contribution in [3.8, 4) is 6.07 Å². The molecule has 0 aliphatic carbocycles. The molecule has 9 heteroatoms. The van der Waals surface area contributed by atoms with Crippen LogP contribution in [0, 0.1) is 18.3 Å². The number of alkyl halides is 2. The lowest BCUT2D eigenvalue weighted by Crippen LogP contribution is -2.43. The molecule has 0 saturated carbocycles. The molecule has 0 radical (unpaired) electrons. The monoisotopic (exact) mass is 475 g/mol. The van der Waals surface area contributed by atoms with Crippen molar-refractivity contribution >= 4 is 34.4 Å². The predicted octanol–water partition coefficient (Wildman–Crippen LogP) is 3.99. The topological polar surface area (TPSA) is 99.0 Å². The highest BCUT2D eigenvalue weighted by atomic mass is 19.3. The number of hydrogen-bond acceptors (Lipinski definition) is 5. The Hall–Kier alpha value is -4.19. The van der Waals surface area contributed by atoms with Crippen molar-refractivity contribution in [2.75, 3.05) is 13.1 Å². The molecule has 0 bridgehead atoms. The van der Waals surface area contributed by atoms with Gasteiger partial charge in [0.05, 0.1) is 35.9 Å². The number of rotatable bonds is 5. The van der Waals surface area contributed by atoms with Crippen LogP contribution >= 0.6 is 0 Å². The molecule has 1 fully saturated rings. The number of nitriles is 1. The van der Waals surface area contributed by atoms with E-state index in [0.29, 0.717) is 16.5 Å². The first-order chi connectivity index (χ1) is 16.7. The van der Waals surface area contributed by atoms with E-state index >= 15 is 0 Å². The number of nitrogens with one attached hydrogen (secondary N) is 1. The van der Waals surface area contributed by atoms with Gasteiger partial charge in [-0.05, 0) is 60.9 Å². The number of hydrogen-bond donors (Lipinski definition) is 1. The fourth-order valence-corrected chi connectivity index (χ4v) is 4.02. The third-order valence-corrected chi connectivity index (χ3v) is 5.85. The summed E-state index contributed by atoms with van der Waals surface area (Å²) in [7, 11) is 0. The Morgan fingerprint density at radius 2 is 2.06 bits per heavy atom. The molecule has 1 unspecified atom stereocenters. The number of amides is 2. The minimum Gasteiger partial charge on any atom is -0.343 e. The van der Waals surface area contributed by atoms with Crippen LogP contribution in [0.15, 0.2) is 48.8 Å². The van der Waals surface area contributed by atoms with Gasteiger partial charge in [-0.1, -0.05) is 12.1 Å². The number of allylic oxidation sites excluding steroid dienone is 1. The van der Waals surface area contributed by atoms with E-state index < -0.39 is 43.3 Å². The van der Waals surface area contributed by atoms with Gasteiger partial charge in [-0.2, -0.15) is 5.26 Å². The van der Waals surface area contributed by atoms with E-state index in [1.54, 1.807) is 18.3 Å². The maximum atomic E-state index is 13.6. The Balaban J connectivity index is 1.53. The van der Waals surface area contributed by atoms with Crippen molar-refractivity contribution in [1.29, 1.82) is 5.26 Å². The minimum absolute atomic E-state index is 0.299. The molecule has 1 aromatic carbocycles. The second-order valence-electron chi connectivity index (χ2n) is 8.59. The van der Waals surface area contributed by atoms with E-state index in [4.69, 9.17) is 5.26 Å². The molecule has 178 valence electrons. The van der Waals surface area contributed by atoms with E-state index in [1.165, 1.54) is 12.3 Å². The molecule has 4 rings (SSSR count). The third-order valence-electron chi connectivity index (χ3n) is 5.85. The molecule has 7 nitrogen and oxygen atoms in total. The summed E-state index contributed by atoms with van der Waals surface area (Å²) < 4.78 is 27.3. The van der Waals surface area contributed by atoms with Crippen LogP contribution in [0.25, 0.3) is 22.6 Å². The summed E-state index contributed by atoms with van der Waals surface area (Å²) in [6, 6.07) is 11.5. The average molecular weight is 475 g/mol. The van der Waals surface area contributed by atoms with Gasteiger partial charge in [-0.15, -0.1) is 0 Å². The molecular formula is C26H23F2N5O2. The standard InChI is InChI=1S/C26H23F2N5O2/c1-16-3-5-22(31-13-16)17(2)9-18-4-6-23-21(10-18)20(7-8-30-23)25(35)32-14-24(34)33-15-26(27,28)11-19(33)12-29/h3-10,13,19H,11,14-15H2,1-2H3,(H,32,35)/b17-9+. The molecule has 1 atom stereocenters. The molecule has 35 heavy (non-hydrogen) atoms. The number of likely N-dealkylation sites (tertiary alicyclic amines) is 1. The van der Waals surface area contributed by atoms with Gasteiger partial charge in [0.2, 0.25) is 5.91 Å². The van der Waals surface area contributed by atoms with E-state index in [-0.39, 0.29) is 0 Å². The number of halogens is 2. The first-order valence-corrected chi connectivity index (χ1v) is 11.0. The Morgan fingerprint density at radius 1 is 1.26 bits per heavy atom. The number of carbonyl (C=O) groups is 2. The summed E-state index contributed by atoms with van der Waals surface area (Å²) in [5.74, 6) is -4.38. The molecular weight excluding hydrogens is 452 g/mol. The molecule has 3 aromatic rings. The number of carbonyl (C=O) groups excluding carboxylic acids is 2. The van der Waals surface area contributed by atoms with Crippen LogP contribution in [0.4, 0.5) is 8.78 Å². The number of aromatic nitrogens is 2. The van der Waals surface area contributed by atoms with Gasteiger partial charge in [0.1, 0.15) is 6.04 Å².